The van der Waals surface area contributed by atoms with E-state index in [2.05, 4.69) is 19.8 Å². The molecular formula is C26H26N4O4. The number of rotatable bonds is 4. The Bertz CT molecular complexity index is 1240. The summed E-state index contributed by atoms with van der Waals surface area (Å²) in [4.78, 5) is 24.8. The van der Waals surface area contributed by atoms with Crippen molar-refractivity contribution < 1.29 is 19.4 Å². The van der Waals surface area contributed by atoms with Crippen LogP contribution in [-0.4, -0.2) is 74.3 Å². The fraction of sp³-hybridized carbons (Fsp3) is 0.308. The Balaban J connectivity index is 1.28. The van der Waals surface area contributed by atoms with Gasteiger partial charge in [-0.15, -0.1) is 0 Å². The molecule has 2 aromatic carbocycles. The molecule has 0 saturated carbocycles. The number of H-pyrrole nitrogens is 1. The average Bonchev–Trinajstić information content (AvgIpc) is 3.43. The molecule has 0 bridgehead atoms. The molecule has 4 heterocycles. The normalized spacial score (nSPS) is 18.2. The smallest absolute Gasteiger partial charge is 0.280 e. The minimum Gasteiger partial charge on any atom is -0.494 e. The molecule has 6 rings (SSSR count). The first-order valence-corrected chi connectivity index (χ1v) is 11.6. The largest absolute Gasteiger partial charge is 0.494 e. The molecule has 1 aromatic heterocycles. The van der Waals surface area contributed by atoms with Crippen molar-refractivity contribution in [1.29, 1.82) is 0 Å². The summed E-state index contributed by atoms with van der Waals surface area (Å²) < 4.78 is 10.9. The van der Waals surface area contributed by atoms with Crippen molar-refractivity contribution in [3.05, 3.63) is 65.2 Å². The van der Waals surface area contributed by atoms with Gasteiger partial charge in [0.1, 0.15) is 0 Å². The summed E-state index contributed by atoms with van der Waals surface area (Å²) in [5, 5.41) is 10.7. The zero-order valence-corrected chi connectivity index (χ0v) is 18.8. The number of nitrogens with one attached hydrogen (secondary N) is 1. The summed E-state index contributed by atoms with van der Waals surface area (Å²) in [6.07, 6.45) is 0. The van der Waals surface area contributed by atoms with Gasteiger partial charge in [-0.1, -0.05) is 24.3 Å². The molecular weight excluding hydrogens is 432 g/mol. The number of nitrogens with zero attached hydrogens (tertiary/aromatic N) is 3. The number of hydrogen-bond acceptors (Lipinski definition) is 6. The maximum atomic E-state index is 12.9. The molecule has 3 aliphatic rings. The predicted molar refractivity (Wildman–Crippen MR) is 130 cm³/mol. The molecule has 3 aromatic rings. The van der Waals surface area contributed by atoms with Crippen molar-refractivity contribution in [2.24, 2.45) is 4.99 Å². The van der Waals surface area contributed by atoms with Gasteiger partial charge in [0.2, 0.25) is 0 Å². The lowest BCUT2D eigenvalue weighted by Gasteiger charge is -2.28. The number of aromatic amines is 1. The number of morpholine rings is 2. The monoisotopic (exact) mass is 458 g/mol. The van der Waals surface area contributed by atoms with Crippen LogP contribution in [0.25, 0.3) is 11.3 Å². The van der Waals surface area contributed by atoms with Crippen molar-refractivity contribution in [2.75, 3.05) is 62.4 Å². The SMILES string of the molecule is O=C1N=C(c2ccc(N3CCOCC3)cc2)c2c(O)[nH]c(-c3ccc(N4CCOCC4)cc3)c21. The number of carbonyl (C=O) groups is 1. The molecule has 0 atom stereocenters. The third-order valence-electron chi connectivity index (χ3n) is 6.69. The van der Waals surface area contributed by atoms with Crippen molar-refractivity contribution in [2.45, 2.75) is 0 Å². The Kier molecular flexibility index (Phi) is 5.31. The van der Waals surface area contributed by atoms with Crippen molar-refractivity contribution in [1.82, 2.24) is 4.98 Å². The topological polar surface area (TPSA) is 90.4 Å². The van der Waals surface area contributed by atoms with Crippen molar-refractivity contribution >= 4 is 23.0 Å². The zero-order chi connectivity index (χ0) is 23.1. The van der Waals surface area contributed by atoms with Crippen LogP contribution in [0.15, 0.2) is 53.5 Å². The number of benzene rings is 2. The van der Waals surface area contributed by atoms with Crippen LogP contribution in [0.2, 0.25) is 0 Å². The van der Waals surface area contributed by atoms with E-state index in [4.69, 9.17) is 9.47 Å². The number of aromatic hydroxyl groups is 1. The molecule has 8 nitrogen and oxygen atoms in total. The first-order chi connectivity index (χ1) is 16.7. The molecule has 0 unspecified atom stereocenters. The molecule has 2 fully saturated rings. The minimum atomic E-state index is -0.342. The number of aliphatic imine (C=N–C) groups is 1. The van der Waals surface area contributed by atoms with Gasteiger partial charge in [0.05, 0.1) is 49.0 Å². The molecule has 0 radical (unpaired) electrons. The first-order valence-electron chi connectivity index (χ1n) is 11.6. The number of anilines is 2. The van der Waals surface area contributed by atoms with Gasteiger partial charge < -0.3 is 29.4 Å². The molecule has 2 N–H and O–H groups in total. The van der Waals surface area contributed by atoms with E-state index in [0.29, 0.717) is 22.5 Å². The van der Waals surface area contributed by atoms with Crippen LogP contribution >= 0.6 is 0 Å². The maximum Gasteiger partial charge on any atom is 0.280 e. The van der Waals surface area contributed by atoms with E-state index in [1.165, 1.54) is 0 Å². The van der Waals surface area contributed by atoms with E-state index in [-0.39, 0.29) is 11.8 Å². The molecule has 0 spiro atoms. The second-order valence-corrected chi connectivity index (χ2v) is 8.66. The highest BCUT2D eigenvalue weighted by Crippen LogP contribution is 2.38. The number of ether oxygens (including phenoxy) is 2. The van der Waals surface area contributed by atoms with Gasteiger partial charge in [0.15, 0.2) is 5.88 Å². The maximum absolute atomic E-state index is 12.9. The lowest BCUT2D eigenvalue weighted by Crippen LogP contribution is -2.36. The van der Waals surface area contributed by atoms with E-state index >= 15 is 0 Å². The summed E-state index contributed by atoms with van der Waals surface area (Å²) >= 11 is 0. The van der Waals surface area contributed by atoms with Crippen LogP contribution in [-0.2, 0) is 9.47 Å². The highest BCUT2D eigenvalue weighted by atomic mass is 16.5. The standard InChI is InChI=1S/C26H26N4O4/c31-25-21-22(24(28-25)18-3-7-20(8-4-18)30-11-15-34-16-12-30)26(32)27-23(21)17-1-5-19(6-2-17)29-9-13-33-14-10-29/h1-8,27,32H,9-16H2. The van der Waals surface area contributed by atoms with Crippen molar-refractivity contribution in [3.8, 4) is 17.1 Å². The average molecular weight is 459 g/mol. The first kappa shape index (κ1) is 20.9. The molecule has 2 saturated heterocycles. The van der Waals surface area contributed by atoms with Crippen LogP contribution in [0, 0.1) is 0 Å². The van der Waals surface area contributed by atoms with Crippen molar-refractivity contribution in [3.63, 3.8) is 0 Å². The number of hydrogen-bond donors (Lipinski definition) is 2. The summed E-state index contributed by atoms with van der Waals surface area (Å²) in [5.74, 6) is -0.379. The predicted octanol–water partition coefficient (Wildman–Crippen LogP) is 3.05. The fourth-order valence-corrected chi connectivity index (χ4v) is 4.88. The Hall–Kier alpha value is -3.62. The van der Waals surface area contributed by atoms with Gasteiger partial charge in [-0.05, 0) is 29.8 Å². The highest BCUT2D eigenvalue weighted by Gasteiger charge is 2.33. The van der Waals surface area contributed by atoms with E-state index in [1.807, 2.05) is 48.5 Å². The highest BCUT2D eigenvalue weighted by molar-refractivity contribution is 6.30. The third kappa shape index (κ3) is 3.65. The number of carbonyl (C=O) groups excluding carboxylic acids is 1. The molecule has 34 heavy (non-hydrogen) atoms. The number of aromatic nitrogens is 1. The van der Waals surface area contributed by atoms with Gasteiger partial charge >= 0.3 is 0 Å². The Morgan fingerprint density at radius 1 is 0.735 bits per heavy atom. The summed E-state index contributed by atoms with van der Waals surface area (Å²) in [7, 11) is 0. The van der Waals surface area contributed by atoms with E-state index in [0.717, 1.165) is 75.1 Å². The third-order valence-corrected chi connectivity index (χ3v) is 6.69. The molecule has 1 amide bonds. The van der Waals surface area contributed by atoms with Gasteiger partial charge in [0.25, 0.3) is 5.91 Å². The summed E-state index contributed by atoms with van der Waals surface area (Å²) in [5.41, 5.74) is 5.83. The fourth-order valence-electron chi connectivity index (χ4n) is 4.88. The Morgan fingerprint density at radius 2 is 1.24 bits per heavy atom. The van der Waals surface area contributed by atoms with E-state index in [9.17, 15) is 9.90 Å². The summed E-state index contributed by atoms with van der Waals surface area (Å²) in [6, 6.07) is 16.0. The molecule has 0 aliphatic carbocycles. The quantitative estimate of drug-likeness (QED) is 0.625. The molecule has 8 heteroatoms. The lowest BCUT2D eigenvalue weighted by molar-refractivity contribution is 0.101. The van der Waals surface area contributed by atoms with Gasteiger partial charge in [-0.2, -0.15) is 0 Å². The lowest BCUT2D eigenvalue weighted by atomic mass is 9.99. The minimum absolute atomic E-state index is 0.0379. The van der Waals surface area contributed by atoms with Gasteiger partial charge in [-0.3, -0.25) is 4.79 Å². The van der Waals surface area contributed by atoms with Crippen LogP contribution in [0.5, 0.6) is 5.88 Å². The molecule has 174 valence electrons. The van der Waals surface area contributed by atoms with Crippen LogP contribution in [0.3, 0.4) is 0 Å². The zero-order valence-electron chi connectivity index (χ0n) is 18.8. The second-order valence-electron chi connectivity index (χ2n) is 8.66. The van der Waals surface area contributed by atoms with E-state index in [1.54, 1.807) is 0 Å². The Morgan fingerprint density at radius 3 is 1.76 bits per heavy atom. The van der Waals surface area contributed by atoms with E-state index < -0.39 is 0 Å². The van der Waals surface area contributed by atoms with Gasteiger partial charge in [-0.25, -0.2) is 4.99 Å². The number of fused-ring (bicyclic) bond motifs is 1. The Labute approximate surface area is 197 Å². The van der Waals surface area contributed by atoms with Crippen LogP contribution in [0.4, 0.5) is 11.4 Å². The second kappa shape index (κ2) is 8.62. The number of amides is 1. The summed E-state index contributed by atoms with van der Waals surface area (Å²) in [6.45, 7) is 6.32. The van der Waals surface area contributed by atoms with Crippen LogP contribution < -0.4 is 9.80 Å². The van der Waals surface area contributed by atoms with Crippen LogP contribution in [0.1, 0.15) is 21.5 Å². The molecule has 3 aliphatic heterocycles. The van der Waals surface area contributed by atoms with Gasteiger partial charge in [0, 0.05) is 43.1 Å².